The maximum absolute atomic E-state index is 11.4. The number of carbonyl (C=O) groups is 1. The smallest absolute Gasteiger partial charge is 0.407 e. The standard InChI is InChI=1S/C11H19NO3/c1-2-15-9(13)12-10-3-6-11(14,7-4-10)8-5-10/h14H,2-8H2,1H3,(H,12,13). The number of aliphatic hydroxyl groups is 1. The molecule has 1 amide bonds. The van der Waals surface area contributed by atoms with E-state index in [0.717, 1.165) is 38.5 Å². The van der Waals surface area contributed by atoms with Gasteiger partial charge in [-0.2, -0.15) is 0 Å². The summed E-state index contributed by atoms with van der Waals surface area (Å²) in [7, 11) is 0. The van der Waals surface area contributed by atoms with Crippen LogP contribution in [0.25, 0.3) is 0 Å². The van der Waals surface area contributed by atoms with Crippen molar-refractivity contribution in [1.82, 2.24) is 5.32 Å². The third-order valence-corrected chi connectivity index (χ3v) is 3.85. The molecule has 0 atom stereocenters. The van der Waals surface area contributed by atoms with Crippen molar-refractivity contribution in [2.75, 3.05) is 6.61 Å². The van der Waals surface area contributed by atoms with Crippen LogP contribution in [-0.2, 0) is 4.74 Å². The minimum atomic E-state index is -0.446. The lowest BCUT2D eigenvalue weighted by molar-refractivity contribution is -0.0713. The van der Waals surface area contributed by atoms with Crippen LogP contribution in [0.5, 0.6) is 0 Å². The van der Waals surface area contributed by atoms with Gasteiger partial charge in [-0.25, -0.2) is 4.79 Å². The third kappa shape index (κ3) is 2.09. The van der Waals surface area contributed by atoms with Gasteiger partial charge in [0.2, 0.25) is 0 Å². The highest BCUT2D eigenvalue weighted by Gasteiger charge is 2.48. The van der Waals surface area contributed by atoms with E-state index in [1.54, 1.807) is 6.92 Å². The van der Waals surface area contributed by atoms with Crippen LogP contribution in [-0.4, -0.2) is 28.9 Å². The summed E-state index contributed by atoms with van der Waals surface area (Å²) in [5.41, 5.74) is -0.547. The first-order valence-electron chi connectivity index (χ1n) is 5.75. The number of rotatable bonds is 2. The third-order valence-electron chi connectivity index (χ3n) is 3.85. The van der Waals surface area contributed by atoms with Crippen molar-refractivity contribution in [3.05, 3.63) is 0 Å². The number of alkyl carbamates (subject to hydrolysis) is 1. The first-order valence-corrected chi connectivity index (χ1v) is 5.75. The van der Waals surface area contributed by atoms with Crippen LogP contribution in [0.1, 0.15) is 45.4 Å². The number of ether oxygens (including phenoxy) is 1. The first-order chi connectivity index (χ1) is 7.08. The zero-order chi connectivity index (χ0) is 10.9. The van der Waals surface area contributed by atoms with Crippen molar-refractivity contribution >= 4 is 6.09 Å². The summed E-state index contributed by atoms with van der Waals surface area (Å²) in [5.74, 6) is 0. The van der Waals surface area contributed by atoms with Crippen LogP contribution in [0.15, 0.2) is 0 Å². The molecule has 4 heteroatoms. The van der Waals surface area contributed by atoms with Gasteiger partial charge in [0, 0.05) is 5.54 Å². The Bertz CT molecular complexity index is 240. The van der Waals surface area contributed by atoms with Gasteiger partial charge in [-0.05, 0) is 45.4 Å². The molecule has 15 heavy (non-hydrogen) atoms. The fourth-order valence-corrected chi connectivity index (χ4v) is 2.74. The van der Waals surface area contributed by atoms with Gasteiger partial charge in [-0.1, -0.05) is 0 Å². The van der Waals surface area contributed by atoms with E-state index in [-0.39, 0.29) is 11.6 Å². The van der Waals surface area contributed by atoms with E-state index >= 15 is 0 Å². The first kappa shape index (κ1) is 10.7. The zero-order valence-corrected chi connectivity index (χ0v) is 9.21. The predicted molar refractivity (Wildman–Crippen MR) is 55.5 cm³/mol. The Morgan fingerprint density at radius 3 is 2.27 bits per heavy atom. The summed E-state index contributed by atoms with van der Waals surface area (Å²) in [6.07, 6.45) is 4.73. The van der Waals surface area contributed by atoms with E-state index in [1.165, 1.54) is 0 Å². The SMILES string of the molecule is CCOC(=O)NC12CCC(O)(CC1)CC2. The number of hydrogen-bond acceptors (Lipinski definition) is 3. The van der Waals surface area contributed by atoms with Gasteiger partial charge in [-0.15, -0.1) is 0 Å². The molecule has 3 fully saturated rings. The Kier molecular flexibility index (Phi) is 2.63. The molecule has 0 aromatic heterocycles. The Morgan fingerprint density at radius 1 is 1.27 bits per heavy atom. The van der Waals surface area contributed by atoms with Crippen LogP contribution in [0.2, 0.25) is 0 Å². The zero-order valence-electron chi connectivity index (χ0n) is 9.21. The second-order valence-electron chi connectivity index (χ2n) is 4.85. The average Bonchev–Trinajstić information content (AvgIpc) is 2.21. The van der Waals surface area contributed by atoms with Gasteiger partial charge >= 0.3 is 6.09 Å². The van der Waals surface area contributed by atoms with Crippen LogP contribution in [0.4, 0.5) is 4.79 Å². The second kappa shape index (κ2) is 3.67. The van der Waals surface area contributed by atoms with Crippen molar-refractivity contribution in [3.63, 3.8) is 0 Å². The maximum Gasteiger partial charge on any atom is 0.407 e. The number of nitrogens with one attached hydrogen (secondary N) is 1. The van der Waals surface area contributed by atoms with Crippen LogP contribution < -0.4 is 5.32 Å². The number of fused-ring (bicyclic) bond motifs is 3. The Labute approximate surface area is 90.0 Å². The summed E-state index contributed by atoms with van der Waals surface area (Å²) >= 11 is 0. The fraction of sp³-hybridized carbons (Fsp3) is 0.909. The van der Waals surface area contributed by atoms with Crippen LogP contribution in [0.3, 0.4) is 0 Å². The molecule has 3 rings (SSSR count). The molecule has 0 spiro atoms. The van der Waals surface area contributed by atoms with E-state index < -0.39 is 5.60 Å². The molecule has 0 heterocycles. The topological polar surface area (TPSA) is 58.6 Å². The molecule has 3 aliphatic carbocycles. The van der Waals surface area contributed by atoms with Crippen molar-refractivity contribution in [2.24, 2.45) is 0 Å². The highest BCUT2D eigenvalue weighted by Crippen LogP contribution is 2.46. The number of amides is 1. The van der Waals surface area contributed by atoms with Crippen molar-refractivity contribution in [2.45, 2.75) is 56.6 Å². The second-order valence-corrected chi connectivity index (χ2v) is 4.85. The van der Waals surface area contributed by atoms with E-state index in [4.69, 9.17) is 4.74 Å². The molecule has 0 aromatic carbocycles. The number of hydrogen-bond donors (Lipinski definition) is 2. The Hall–Kier alpha value is -0.770. The van der Waals surface area contributed by atoms with Gasteiger partial charge in [0.25, 0.3) is 0 Å². The maximum atomic E-state index is 11.4. The summed E-state index contributed by atoms with van der Waals surface area (Å²) in [6, 6.07) is 0. The fourth-order valence-electron chi connectivity index (χ4n) is 2.74. The Balaban J connectivity index is 1.95. The van der Waals surface area contributed by atoms with Crippen molar-refractivity contribution in [3.8, 4) is 0 Å². The molecule has 0 aromatic rings. The summed E-state index contributed by atoms with van der Waals surface area (Å²) < 4.78 is 4.90. The molecule has 86 valence electrons. The summed E-state index contributed by atoms with van der Waals surface area (Å²) in [4.78, 5) is 11.4. The number of carbonyl (C=O) groups excluding carboxylic acids is 1. The molecule has 0 radical (unpaired) electrons. The minimum Gasteiger partial charge on any atom is -0.450 e. The average molecular weight is 213 g/mol. The lowest BCUT2D eigenvalue weighted by Gasteiger charge is -2.50. The molecule has 0 saturated heterocycles. The van der Waals surface area contributed by atoms with Crippen LogP contribution in [0, 0.1) is 0 Å². The molecule has 0 unspecified atom stereocenters. The molecule has 0 aliphatic heterocycles. The lowest BCUT2D eigenvalue weighted by Crippen LogP contribution is -2.58. The van der Waals surface area contributed by atoms with E-state index in [1.807, 2.05) is 0 Å². The predicted octanol–water partition coefficient (Wildman–Crippen LogP) is 1.57. The summed E-state index contributed by atoms with van der Waals surface area (Å²) in [6.45, 7) is 2.21. The van der Waals surface area contributed by atoms with E-state index in [2.05, 4.69) is 5.32 Å². The van der Waals surface area contributed by atoms with Gasteiger partial charge in [0.15, 0.2) is 0 Å². The molecular weight excluding hydrogens is 194 g/mol. The molecule has 3 saturated carbocycles. The quantitative estimate of drug-likeness (QED) is 0.732. The van der Waals surface area contributed by atoms with Crippen LogP contribution >= 0.6 is 0 Å². The van der Waals surface area contributed by atoms with Crippen molar-refractivity contribution in [1.29, 1.82) is 0 Å². The normalized spacial score (nSPS) is 38.8. The molecule has 3 aliphatic rings. The molecular formula is C11H19NO3. The monoisotopic (exact) mass is 213 g/mol. The van der Waals surface area contributed by atoms with E-state index in [9.17, 15) is 9.90 Å². The largest absolute Gasteiger partial charge is 0.450 e. The van der Waals surface area contributed by atoms with Gasteiger partial charge < -0.3 is 15.2 Å². The highest BCUT2D eigenvalue weighted by atomic mass is 16.5. The molecule has 4 nitrogen and oxygen atoms in total. The Morgan fingerprint density at radius 2 is 1.80 bits per heavy atom. The highest BCUT2D eigenvalue weighted by molar-refractivity contribution is 5.68. The van der Waals surface area contributed by atoms with Gasteiger partial charge in [0.1, 0.15) is 0 Å². The lowest BCUT2D eigenvalue weighted by atomic mass is 9.63. The molecule has 2 bridgehead atoms. The van der Waals surface area contributed by atoms with Crippen molar-refractivity contribution < 1.29 is 14.6 Å². The van der Waals surface area contributed by atoms with E-state index in [0.29, 0.717) is 6.61 Å². The van der Waals surface area contributed by atoms with Gasteiger partial charge in [-0.3, -0.25) is 0 Å². The van der Waals surface area contributed by atoms with Gasteiger partial charge in [0.05, 0.1) is 12.2 Å². The summed E-state index contributed by atoms with van der Waals surface area (Å²) in [5, 5.41) is 13.0. The molecule has 2 N–H and O–H groups in total. The minimum absolute atomic E-state index is 0.100.